The number of methoxy groups -OCH3 is 1. The fourth-order valence-corrected chi connectivity index (χ4v) is 3.19. The van der Waals surface area contributed by atoms with E-state index in [9.17, 15) is 18.8 Å². The summed E-state index contributed by atoms with van der Waals surface area (Å²) in [4.78, 5) is 38.3. The molecule has 0 spiro atoms. The number of hydrogen-bond acceptors (Lipinski definition) is 4. The van der Waals surface area contributed by atoms with Crippen LogP contribution in [0, 0.1) is 11.7 Å². The molecule has 0 radical (unpaired) electrons. The van der Waals surface area contributed by atoms with Gasteiger partial charge in [0.1, 0.15) is 5.82 Å². The molecule has 2 aromatic carbocycles. The number of carbonyl (C=O) groups excluding carboxylic acids is 3. The molecule has 2 amide bonds. The number of carbonyl (C=O) groups is 3. The first kappa shape index (κ1) is 19.5. The highest BCUT2D eigenvalue weighted by molar-refractivity contribution is 6.03. The average molecular weight is 384 g/mol. The van der Waals surface area contributed by atoms with Crippen molar-refractivity contribution in [3.05, 3.63) is 65.5 Å². The quantitative estimate of drug-likeness (QED) is 0.777. The zero-order valence-electron chi connectivity index (χ0n) is 15.5. The van der Waals surface area contributed by atoms with Gasteiger partial charge in [0.05, 0.1) is 24.3 Å². The molecule has 28 heavy (non-hydrogen) atoms. The normalized spacial score (nSPS) is 16.1. The van der Waals surface area contributed by atoms with E-state index in [0.29, 0.717) is 25.2 Å². The molecule has 0 aliphatic carbocycles. The Balaban J connectivity index is 1.59. The van der Waals surface area contributed by atoms with E-state index >= 15 is 0 Å². The van der Waals surface area contributed by atoms with E-state index in [1.807, 2.05) is 0 Å². The van der Waals surface area contributed by atoms with Crippen molar-refractivity contribution in [1.82, 2.24) is 4.90 Å². The number of ether oxygens (including phenoxy) is 1. The summed E-state index contributed by atoms with van der Waals surface area (Å²) in [7, 11) is 1.27. The molecule has 3 rings (SSSR count). The molecule has 0 aromatic heterocycles. The summed E-state index contributed by atoms with van der Waals surface area (Å²) in [6.07, 6.45) is 0.709. The van der Waals surface area contributed by atoms with Crippen LogP contribution >= 0.6 is 0 Å². The summed E-state index contributed by atoms with van der Waals surface area (Å²) in [5.41, 5.74) is 1.54. The molecule has 6 nitrogen and oxygen atoms in total. The molecule has 1 aliphatic rings. The van der Waals surface area contributed by atoms with Crippen LogP contribution < -0.4 is 5.32 Å². The second-order valence-electron chi connectivity index (χ2n) is 6.64. The highest BCUT2D eigenvalue weighted by Crippen LogP contribution is 2.22. The van der Waals surface area contributed by atoms with Gasteiger partial charge in [-0.25, -0.2) is 9.18 Å². The van der Waals surface area contributed by atoms with E-state index in [4.69, 9.17) is 4.74 Å². The standard InChI is InChI=1S/C21H21FN2O4/c1-28-21(27)17-4-2-3-5-18(17)23-20(26)15-12-19(25)24(13-15)11-10-14-6-8-16(22)9-7-14/h2-9,15H,10-13H2,1H3,(H,23,26). The highest BCUT2D eigenvalue weighted by atomic mass is 19.1. The number of likely N-dealkylation sites (tertiary alicyclic amines) is 1. The number of hydrogen-bond donors (Lipinski definition) is 1. The lowest BCUT2D eigenvalue weighted by Gasteiger charge is -2.17. The topological polar surface area (TPSA) is 75.7 Å². The third-order valence-electron chi connectivity index (χ3n) is 4.76. The predicted octanol–water partition coefficient (Wildman–Crippen LogP) is 2.64. The van der Waals surface area contributed by atoms with Gasteiger partial charge in [-0.15, -0.1) is 0 Å². The smallest absolute Gasteiger partial charge is 0.339 e. The Labute approximate surface area is 162 Å². The molecular formula is C21H21FN2O4. The fraction of sp³-hybridized carbons (Fsp3) is 0.286. The second kappa shape index (κ2) is 8.65. The highest BCUT2D eigenvalue weighted by Gasteiger charge is 2.34. The summed E-state index contributed by atoms with van der Waals surface area (Å²) in [6.45, 7) is 0.777. The monoisotopic (exact) mass is 384 g/mol. The minimum Gasteiger partial charge on any atom is -0.465 e. The van der Waals surface area contributed by atoms with E-state index < -0.39 is 11.9 Å². The van der Waals surface area contributed by atoms with Crippen LogP contribution in [0.5, 0.6) is 0 Å². The van der Waals surface area contributed by atoms with Gasteiger partial charge in [0.2, 0.25) is 11.8 Å². The SMILES string of the molecule is COC(=O)c1ccccc1NC(=O)C1CC(=O)N(CCc2ccc(F)cc2)C1. The molecule has 1 heterocycles. The molecule has 1 unspecified atom stereocenters. The van der Waals surface area contributed by atoms with Crippen molar-refractivity contribution in [2.24, 2.45) is 5.92 Å². The maximum atomic E-state index is 13.0. The fourth-order valence-electron chi connectivity index (χ4n) is 3.19. The largest absolute Gasteiger partial charge is 0.465 e. The van der Waals surface area contributed by atoms with Crippen LogP contribution in [-0.2, 0) is 20.7 Å². The van der Waals surface area contributed by atoms with Crippen molar-refractivity contribution in [2.45, 2.75) is 12.8 Å². The number of nitrogens with zero attached hydrogens (tertiary/aromatic N) is 1. The van der Waals surface area contributed by atoms with Crippen molar-refractivity contribution in [3.8, 4) is 0 Å². The molecule has 1 aliphatic heterocycles. The van der Waals surface area contributed by atoms with Crippen LogP contribution in [0.2, 0.25) is 0 Å². The molecule has 2 aromatic rings. The van der Waals surface area contributed by atoms with Crippen molar-refractivity contribution < 1.29 is 23.5 Å². The zero-order valence-corrected chi connectivity index (χ0v) is 15.5. The molecule has 7 heteroatoms. The summed E-state index contributed by atoms with van der Waals surface area (Å²) >= 11 is 0. The number of esters is 1. The maximum Gasteiger partial charge on any atom is 0.339 e. The van der Waals surface area contributed by atoms with Crippen LogP contribution in [0.4, 0.5) is 10.1 Å². The Morgan fingerprint density at radius 1 is 1.18 bits per heavy atom. The third-order valence-corrected chi connectivity index (χ3v) is 4.76. The van der Waals surface area contributed by atoms with E-state index in [2.05, 4.69) is 5.32 Å². The van der Waals surface area contributed by atoms with E-state index in [0.717, 1.165) is 5.56 Å². The van der Waals surface area contributed by atoms with Gasteiger partial charge >= 0.3 is 5.97 Å². The van der Waals surface area contributed by atoms with Gasteiger partial charge in [-0.3, -0.25) is 9.59 Å². The first-order valence-corrected chi connectivity index (χ1v) is 8.98. The van der Waals surface area contributed by atoms with Crippen molar-refractivity contribution in [1.29, 1.82) is 0 Å². The summed E-state index contributed by atoms with van der Waals surface area (Å²) in [5, 5.41) is 2.73. The maximum absolute atomic E-state index is 13.0. The Bertz CT molecular complexity index is 882. The number of halogens is 1. The predicted molar refractivity (Wildman–Crippen MR) is 101 cm³/mol. The number of nitrogens with one attached hydrogen (secondary N) is 1. The number of benzene rings is 2. The lowest BCUT2D eigenvalue weighted by Crippen LogP contribution is -2.30. The van der Waals surface area contributed by atoms with E-state index in [-0.39, 0.29) is 29.6 Å². The molecule has 1 N–H and O–H groups in total. The first-order chi connectivity index (χ1) is 13.5. The number of para-hydroxylation sites is 1. The zero-order chi connectivity index (χ0) is 20.1. The van der Waals surface area contributed by atoms with Crippen molar-refractivity contribution in [2.75, 3.05) is 25.5 Å². The van der Waals surface area contributed by atoms with Gasteiger partial charge in [0, 0.05) is 19.5 Å². The third kappa shape index (κ3) is 4.54. The Morgan fingerprint density at radius 2 is 1.89 bits per heavy atom. The van der Waals surface area contributed by atoms with Crippen LogP contribution in [-0.4, -0.2) is 42.9 Å². The van der Waals surface area contributed by atoms with Crippen LogP contribution in [0.3, 0.4) is 0 Å². The average Bonchev–Trinajstić information content (AvgIpc) is 3.08. The van der Waals surface area contributed by atoms with Crippen molar-refractivity contribution >= 4 is 23.5 Å². The Kier molecular flexibility index (Phi) is 6.03. The number of rotatable bonds is 6. The number of amides is 2. The van der Waals surface area contributed by atoms with Gasteiger partial charge in [-0.05, 0) is 36.2 Å². The molecule has 1 atom stereocenters. The van der Waals surface area contributed by atoms with Crippen molar-refractivity contribution in [3.63, 3.8) is 0 Å². The van der Waals surface area contributed by atoms with Crippen LogP contribution in [0.1, 0.15) is 22.3 Å². The first-order valence-electron chi connectivity index (χ1n) is 8.98. The molecule has 0 bridgehead atoms. The van der Waals surface area contributed by atoms with Gasteiger partial charge in [-0.1, -0.05) is 24.3 Å². The van der Waals surface area contributed by atoms with Crippen LogP contribution in [0.25, 0.3) is 0 Å². The summed E-state index contributed by atoms with van der Waals surface area (Å²) in [6, 6.07) is 12.7. The number of anilines is 1. The molecule has 146 valence electrons. The molecule has 1 saturated heterocycles. The minimum atomic E-state index is -0.542. The lowest BCUT2D eigenvalue weighted by molar-refractivity contribution is -0.128. The van der Waals surface area contributed by atoms with Gasteiger partial charge in [0.15, 0.2) is 0 Å². The minimum absolute atomic E-state index is 0.0940. The van der Waals surface area contributed by atoms with Gasteiger partial charge in [0.25, 0.3) is 0 Å². The van der Waals surface area contributed by atoms with Crippen LogP contribution in [0.15, 0.2) is 48.5 Å². The summed E-state index contributed by atoms with van der Waals surface area (Å²) < 4.78 is 17.7. The molecule has 1 fully saturated rings. The summed E-state index contributed by atoms with van der Waals surface area (Å²) in [5.74, 6) is -1.74. The Morgan fingerprint density at radius 3 is 2.61 bits per heavy atom. The van der Waals surface area contributed by atoms with E-state index in [1.165, 1.54) is 19.2 Å². The second-order valence-corrected chi connectivity index (χ2v) is 6.64. The molecular weight excluding hydrogens is 363 g/mol. The lowest BCUT2D eigenvalue weighted by atomic mass is 10.1. The van der Waals surface area contributed by atoms with Gasteiger partial charge in [-0.2, -0.15) is 0 Å². The van der Waals surface area contributed by atoms with E-state index in [1.54, 1.807) is 41.3 Å². The molecule has 0 saturated carbocycles. The van der Waals surface area contributed by atoms with Gasteiger partial charge < -0.3 is 15.0 Å². The Hall–Kier alpha value is -3.22.